The van der Waals surface area contributed by atoms with Crippen LogP contribution in [0.2, 0.25) is 0 Å². The molecule has 16 nitrogen and oxygen atoms in total. The predicted molar refractivity (Wildman–Crippen MR) is 235 cm³/mol. The van der Waals surface area contributed by atoms with E-state index in [2.05, 4.69) is 0 Å². The average molecular weight is 894 g/mol. The van der Waals surface area contributed by atoms with E-state index >= 15 is 0 Å². The molecule has 2 saturated heterocycles. The normalized spacial score (nSPS) is 43.1. The zero-order valence-corrected chi connectivity index (χ0v) is 37.2. The van der Waals surface area contributed by atoms with Gasteiger partial charge in [-0.2, -0.15) is 0 Å². The highest BCUT2D eigenvalue weighted by molar-refractivity contribution is 5.70. The van der Waals surface area contributed by atoms with Crippen LogP contribution in [0.1, 0.15) is 86.0 Å². The Balaban J connectivity index is 1.81. The SMILES string of the molecule is CC1O[C@@H](O[C@H]2C=CC=CC=CC=CC=CC=CC=C[C@H](C)[C@@H](O)[C@@H](C)[C@H](C)OC(=O)C[C@H](O)C[C@H](O)C[C@H](O)CC[C@@H](O)[C@H](O)C[C@]3(O)C[C@H](O)[C@@H](C)[C@H](C2)O3)[C@H](O)C(N)[C@@H]1O. The average Bonchev–Trinajstić information content (AvgIpc) is 3.21. The maximum Gasteiger partial charge on any atom is 0.308 e. The van der Waals surface area contributed by atoms with Crippen LogP contribution < -0.4 is 5.73 Å². The molecule has 2 bridgehead atoms. The largest absolute Gasteiger partial charge is 0.462 e. The molecular weight excluding hydrogens is 819 g/mol. The molecule has 0 radical (unpaired) electrons. The third-order valence-corrected chi connectivity index (χ3v) is 12.1. The molecule has 0 saturated carbocycles. The summed E-state index contributed by atoms with van der Waals surface area (Å²) in [5, 5.41) is 108. The van der Waals surface area contributed by atoms with E-state index in [0.717, 1.165) is 0 Å². The van der Waals surface area contributed by atoms with E-state index < -0.39 is 128 Å². The van der Waals surface area contributed by atoms with Gasteiger partial charge >= 0.3 is 5.97 Å². The van der Waals surface area contributed by atoms with Crippen molar-refractivity contribution in [3.05, 3.63) is 85.1 Å². The van der Waals surface area contributed by atoms with Crippen LogP contribution in [0, 0.1) is 17.8 Å². The number of nitrogens with two attached hydrogens (primary N) is 1. The monoisotopic (exact) mass is 894 g/mol. The molecule has 2 unspecified atom stereocenters. The van der Waals surface area contributed by atoms with Crippen LogP contribution in [-0.4, -0.2) is 155 Å². The number of hydrogen-bond donors (Lipinski definition) is 11. The second-order valence-corrected chi connectivity index (χ2v) is 17.6. The van der Waals surface area contributed by atoms with Crippen molar-refractivity contribution in [1.29, 1.82) is 0 Å². The highest BCUT2D eigenvalue weighted by atomic mass is 16.7. The first-order chi connectivity index (χ1) is 29.7. The van der Waals surface area contributed by atoms with Crippen LogP contribution in [0.15, 0.2) is 85.1 Å². The minimum atomic E-state index is -2.08. The fraction of sp³-hybridized carbons (Fsp3) is 0.681. The van der Waals surface area contributed by atoms with Gasteiger partial charge in [0.2, 0.25) is 0 Å². The zero-order chi connectivity index (χ0) is 46.9. The number of aliphatic hydroxyl groups excluding tert-OH is 9. The van der Waals surface area contributed by atoms with Gasteiger partial charge in [0.05, 0.1) is 79.6 Å². The smallest absolute Gasteiger partial charge is 0.308 e. The second-order valence-electron chi connectivity index (χ2n) is 17.6. The first-order valence-corrected chi connectivity index (χ1v) is 22.2. The summed E-state index contributed by atoms with van der Waals surface area (Å²) >= 11 is 0. The van der Waals surface area contributed by atoms with Crippen LogP contribution in [0.4, 0.5) is 0 Å². The van der Waals surface area contributed by atoms with Gasteiger partial charge < -0.3 is 75.7 Å². The Labute approximate surface area is 372 Å². The Morgan fingerprint density at radius 3 is 1.75 bits per heavy atom. The summed E-state index contributed by atoms with van der Waals surface area (Å²) in [6.45, 7) is 8.60. The van der Waals surface area contributed by atoms with Crippen molar-refractivity contribution in [3.63, 3.8) is 0 Å². The van der Waals surface area contributed by atoms with E-state index in [1.165, 1.54) is 0 Å². The van der Waals surface area contributed by atoms with Crippen molar-refractivity contribution in [3.8, 4) is 0 Å². The maximum atomic E-state index is 12.6. The molecule has 3 heterocycles. The third kappa shape index (κ3) is 18.5. The summed E-state index contributed by atoms with van der Waals surface area (Å²) in [4.78, 5) is 12.6. The Morgan fingerprint density at radius 2 is 1.14 bits per heavy atom. The quantitative estimate of drug-likeness (QED) is 0.176. The molecule has 3 aliphatic heterocycles. The van der Waals surface area contributed by atoms with E-state index in [-0.39, 0.29) is 44.4 Å². The van der Waals surface area contributed by atoms with Gasteiger partial charge in [-0.15, -0.1) is 0 Å². The van der Waals surface area contributed by atoms with Crippen molar-refractivity contribution in [2.24, 2.45) is 23.5 Å². The lowest BCUT2D eigenvalue weighted by Crippen LogP contribution is -2.61. The van der Waals surface area contributed by atoms with Crippen molar-refractivity contribution < 1.29 is 74.8 Å². The fourth-order valence-corrected chi connectivity index (χ4v) is 7.79. The number of esters is 1. The van der Waals surface area contributed by atoms with E-state index in [4.69, 9.17) is 24.7 Å². The lowest BCUT2D eigenvalue weighted by molar-refractivity contribution is -0.310. The Morgan fingerprint density at radius 1 is 0.603 bits per heavy atom. The van der Waals surface area contributed by atoms with Crippen molar-refractivity contribution in [2.75, 3.05) is 0 Å². The Kier molecular flexibility index (Phi) is 23.2. The van der Waals surface area contributed by atoms with Gasteiger partial charge in [0, 0.05) is 37.0 Å². The highest BCUT2D eigenvalue weighted by Crippen LogP contribution is 2.38. The summed E-state index contributed by atoms with van der Waals surface area (Å²) in [6, 6.07) is -1.05. The van der Waals surface area contributed by atoms with Crippen LogP contribution in [0.25, 0.3) is 0 Å². The van der Waals surface area contributed by atoms with Crippen LogP contribution in [-0.2, 0) is 23.7 Å². The lowest BCUT2D eigenvalue weighted by Gasteiger charge is -2.46. The Bertz CT molecular complexity index is 1570. The molecule has 0 amide bonds. The molecule has 0 aromatic heterocycles. The fourth-order valence-electron chi connectivity index (χ4n) is 7.79. The maximum absolute atomic E-state index is 12.6. The van der Waals surface area contributed by atoms with Gasteiger partial charge in [0.15, 0.2) is 12.1 Å². The van der Waals surface area contributed by atoms with Gasteiger partial charge in [-0.3, -0.25) is 4.79 Å². The third-order valence-electron chi connectivity index (χ3n) is 12.1. The topological polar surface area (TPSA) is 282 Å². The molecule has 0 aliphatic carbocycles. The summed E-state index contributed by atoms with van der Waals surface area (Å²) in [7, 11) is 0. The first-order valence-electron chi connectivity index (χ1n) is 22.2. The van der Waals surface area contributed by atoms with Crippen molar-refractivity contribution in [2.45, 2.75) is 183 Å². The number of cyclic esters (lactones) is 1. The molecule has 16 heteroatoms. The first kappa shape index (κ1) is 54.4. The summed E-state index contributed by atoms with van der Waals surface area (Å²) < 4.78 is 23.5. The number of allylic oxidation sites excluding steroid dienone is 12. The van der Waals surface area contributed by atoms with Crippen molar-refractivity contribution in [1.82, 2.24) is 0 Å². The number of rotatable bonds is 2. The van der Waals surface area contributed by atoms with E-state index in [1.807, 2.05) is 61.6 Å². The molecule has 12 N–H and O–H groups in total. The number of aliphatic hydroxyl groups is 10. The molecule has 0 spiro atoms. The molecule has 358 valence electrons. The minimum Gasteiger partial charge on any atom is -0.462 e. The number of carbonyl (C=O) groups excluding carboxylic acids is 1. The number of ether oxygens (including phenoxy) is 4. The van der Waals surface area contributed by atoms with E-state index in [1.54, 1.807) is 58.1 Å². The van der Waals surface area contributed by atoms with Gasteiger partial charge in [0.25, 0.3) is 0 Å². The van der Waals surface area contributed by atoms with Crippen LogP contribution in [0.5, 0.6) is 0 Å². The molecule has 0 aromatic carbocycles. The van der Waals surface area contributed by atoms with Crippen molar-refractivity contribution >= 4 is 5.97 Å². The van der Waals surface area contributed by atoms with E-state index in [9.17, 15) is 55.9 Å². The predicted octanol–water partition coefficient (Wildman–Crippen LogP) is 1.65. The van der Waals surface area contributed by atoms with E-state index in [0.29, 0.717) is 0 Å². The zero-order valence-electron chi connectivity index (χ0n) is 37.2. The molecule has 3 aliphatic rings. The molecule has 3 rings (SSSR count). The summed E-state index contributed by atoms with van der Waals surface area (Å²) in [5.41, 5.74) is 6.05. The van der Waals surface area contributed by atoms with Gasteiger partial charge in [-0.25, -0.2) is 0 Å². The van der Waals surface area contributed by atoms with Gasteiger partial charge in [-0.05, 0) is 39.5 Å². The van der Waals surface area contributed by atoms with Gasteiger partial charge in [0.1, 0.15) is 12.2 Å². The summed E-state index contributed by atoms with van der Waals surface area (Å²) in [5.74, 6) is -4.01. The summed E-state index contributed by atoms with van der Waals surface area (Å²) in [6.07, 6.45) is 8.08. The Hall–Kier alpha value is -2.91. The number of carbonyl (C=O) groups is 1. The molecule has 19 atom stereocenters. The molecule has 63 heavy (non-hydrogen) atoms. The second kappa shape index (κ2) is 26.9. The van der Waals surface area contributed by atoms with Crippen LogP contribution >= 0.6 is 0 Å². The van der Waals surface area contributed by atoms with Gasteiger partial charge in [-0.1, -0.05) is 106 Å². The molecular formula is C47H75NO15. The lowest BCUT2D eigenvalue weighted by atomic mass is 9.83. The molecule has 0 aromatic rings. The number of fused-ring (bicyclic) bond motifs is 2. The number of hydrogen-bond acceptors (Lipinski definition) is 16. The minimum absolute atomic E-state index is 0.0428. The standard InChI is InChI=1S/C47H75NO15/c1-28-18-16-14-12-10-8-6-7-9-11-13-15-17-19-36(62-46-45(58)42(48)44(57)32(5)61-46)25-40-30(3)38(53)26-47(59,63-40)27-39(54)37(52)21-20-33(49)22-34(50)23-35(51)24-41(55)60-31(4)29(2)43(28)56/h6-19,28-40,42-46,49-54,56-59H,20-27,48H2,1-5H3/t28-,29-,30+,31-,32?,33+,34+,35+,36-,37+,38-,39+,40-,42?,43+,44+,45+,46-,47-/m0/s1. The highest BCUT2D eigenvalue weighted by Gasteiger charge is 2.47. The van der Waals surface area contributed by atoms with Crippen LogP contribution in [0.3, 0.4) is 0 Å². The molecule has 2 fully saturated rings.